The van der Waals surface area contributed by atoms with E-state index in [1.54, 1.807) is 4.90 Å². The lowest BCUT2D eigenvalue weighted by Gasteiger charge is -2.35. The number of rotatable bonds is 4. The molecule has 2 rings (SSSR count). The topological polar surface area (TPSA) is 15.3 Å². The minimum Gasteiger partial charge on any atom is -0.314 e. The second-order valence-electron chi connectivity index (χ2n) is 5.17. The minimum atomic E-state index is -4.85. The first-order valence-electron chi connectivity index (χ1n) is 6.88. The van der Waals surface area contributed by atoms with Crippen LogP contribution in [0.1, 0.15) is 23.6 Å². The van der Waals surface area contributed by atoms with Gasteiger partial charge >= 0.3 is 6.18 Å². The number of benzene rings is 1. The number of hydrogen-bond acceptors (Lipinski definition) is 2. The summed E-state index contributed by atoms with van der Waals surface area (Å²) in [7, 11) is 0. The zero-order chi connectivity index (χ0) is 16.3. The average Bonchev–Trinajstić information content (AvgIpc) is 2.45. The molecule has 1 fully saturated rings. The molecule has 1 aliphatic heterocycles. The molecule has 0 unspecified atom stereocenters. The number of alkyl halides is 5. The summed E-state index contributed by atoms with van der Waals surface area (Å²) in [6.45, 7) is 2.06. The maximum atomic E-state index is 13.3. The van der Waals surface area contributed by atoms with Crippen molar-refractivity contribution in [2.45, 2.75) is 25.1 Å². The van der Waals surface area contributed by atoms with E-state index in [-0.39, 0.29) is 5.56 Å². The van der Waals surface area contributed by atoms with E-state index in [4.69, 9.17) is 0 Å². The molecule has 0 spiro atoms. The summed E-state index contributed by atoms with van der Waals surface area (Å²) in [4.78, 5) is 1.70. The van der Waals surface area contributed by atoms with Gasteiger partial charge in [0.1, 0.15) is 5.82 Å². The molecule has 1 saturated heterocycles. The molecular weight excluding hydrogens is 310 g/mol. The standard InChI is InChI=1S/C14H16F6N2/c15-11-2-1-9(7-10(11)14(18,19)20)12(8-13(16)17)22-5-3-21-4-6-22/h1-2,7,12-13,21H,3-6,8H2/t12-/m1/s1. The smallest absolute Gasteiger partial charge is 0.314 e. The Morgan fingerprint density at radius 3 is 2.32 bits per heavy atom. The van der Waals surface area contributed by atoms with Gasteiger partial charge in [-0.15, -0.1) is 0 Å². The van der Waals surface area contributed by atoms with Gasteiger partial charge < -0.3 is 5.32 Å². The van der Waals surface area contributed by atoms with Crippen molar-refractivity contribution >= 4 is 0 Å². The monoisotopic (exact) mass is 326 g/mol. The van der Waals surface area contributed by atoms with Crippen LogP contribution in [0.3, 0.4) is 0 Å². The average molecular weight is 326 g/mol. The van der Waals surface area contributed by atoms with Gasteiger partial charge in [0, 0.05) is 38.6 Å². The molecule has 1 aromatic carbocycles. The highest BCUT2D eigenvalue weighted by atomic mass is 19.4. The largest absolute Gasteiger partial charge is 0.419 e. The van der Waals surface area contributed by atoms with Crippen molar-refractivity contribution in [3.63, 3.8) is 0 Å². The maximum Gasteiger partial charge on any atom is 0.419 e. The summed E-state index contributed by atoms with van der Waals surface area (Å²) in [5, 5.41) is 3.05. The number of halogens is 6. The number of hydrogen-bond donors (Lipinski definition) is 1. The van der Waals surface area contributed by atoms with E-state index >= 15 is 0 Å². The van der Waals surface area contributed by atoms with Crippen molar-refractivity contribution in [1.29, 1.82) is 0 Å². The van der Waals surface area contributed by atoms with Crippen LogP contribution in [0.5, 0.6) is 0 Å². The lowest BCUT2D eigenvalue weighted by atomic mass is 9.98. The Morgan fingerprint density at radius 2 is 1.77 bits per heavy atom. The van der Waals surface area contributed by atoms with Gasteiger partial charge in [0.2, 0.25) is 6.43 Å². The summed E-state index contributed by atoms with van der Waals surface area (Å²) in [6.07, 6.45) is -8.08. The van der Waals surface area contributed by atoms with Gasteiger partial charge in [-0.2, -0.15) is 13.2 Å². The van der Waals surface area contributed by atoms with Crippen LogP contribution < -0.4 is 5.32 Å². The molecule has 0 bridgehead atoms. The van der Waals surface area contributed by atoms with Crippen molar-refractivity contribution in [2.75, 3.05) is 26.2 Å². The first-order valence-corrected chi connectivity index (χ1v) is 6.88. The van der Waals surface area contributed by atoms with Crippen molar-refractivity contribution in [3.05, 3.63) is 35.1 Å². The second-order valence-corrected chi connectivity index (χ2v) is 5.17. The lowest BCUT2D eigenvalue weighted by Crippen LogP contribution is -2.45. The third kappa shape index (κ3) is 4.13. The van der Waals surface area contributed by atoms with Crippen LogP contribution in [0.25, 0.3) is 0 Å². The van der Waals surface area contributed by atoms with Crippen LogP contribution in [0.4, 0.5) is 26.3 Å². The van der Waals surface area contributed by atoms with Crippen molar-refractivity contribution in [1.82, 2.24) is 10.2 Å². The SMILES string of the molecule is Fc1ccc([C@@H](CC(F)F)N2CCNCC2)cc1C(F)(F)F. The zero-order valence-electron chi connectivity index (χ0n) is 11.6. The Hall–Kier alpha value is -1.28. The highest BCUT2D eigenvalue weighted by molar-refractivity contribution is 5.29. The fraction of sp³-hybridized carbons (Fsp3) is 0.571. The Balaban J connectivity index is 2.34. The van der Waals surface area contributed by atoms with Gasteiger partial charge in [0.05, 0.1) is 5.56 Å². The molecule has 0 amide bonds. The zero-order valence-corrected chi connectivity index (χ0v) is 11.6. The van der Waals surface area contributed by atoms with Gasteiger partial charge in [-0.3, -0.25) is 4.90 Å². The Kier molecular flexibility index (Phi) is 5.33. The van der Waals surface area contributed by atoms with Crippen LogP contribution in [-0.4, -0.2) is 37.5 Å². The Labute approximate surface area is 124 Å². The molecule has 0 aromatic heterocycles. The van der Waals surface area contributed by atoms with Crippen LogP contribution in [0, 0.1) is 5.82 Å². The molecule has 124 valence electrons. The lowest BCUT2D eigenvalue weighted by molar-refractivity contribution is -0.140. The van der Waals surface area contributed by atoms with E-state index in [0.29, 0.717) is 38.3 Å². The van der Waals surface area contributed by atoms with Crippen LogP contribution in [0.15, 0.2) is 18.2 Å². The number of nitrogens with zero attached hydrogens (tertiary/aromatic N) is 1. The van der Waals surface area contributed by atoms with Gasteiger partial charge in [0.25, 0.3) is 0 Å². The van der Waals surface area contributed by atoms with E-state index in [1.807, 2.05) is 0 Å². The maximum absolute atomic E-state index is 13.3. The molecule has 0 saturated carbocycles. The normalized spacial score (nSPS) is 18.7. The molecular formula is C14H16F6N2. The minimum absolute atomic E-state index is 0.0657. The van der Waals surface area contributed by atoms with Crippen molar-refractivity contribution in [3.8, 4) is 0 Å². The predicted molar refractivity (Wildman–Crippen MR) is 69.2 cm³/mol. The Morgan fingerprint density at radius 1 is 1.14 bits per heavy atom. The summed E-state index contributed by atoms with van der Waals surface area (Å²) < 4.78 is 77.3. The summed E-state index contributed by atoms with van der Waals surface area (Å²) in [5.41, 5.74) is -1.35. The van der Waals surface area contributed by atoms with E-state index in [1.165, 1.54) is 0 Å². The van der Waals surface area contributed by atoms with Gasteiger partial charge in [0.15, 0.2) is 0 Å². The third-order valence-electron chi connectivity index (χ3n) is 3.67. The molecule has 1 aliphatic rings. The quantitative estimate of drug-likeness (QED) is 0.853. The van der Waals surface area contributed by atoms with Crippen LogP contribution in [-0.2, 0) is 6.18 Å². The van der Waals surface area contributed by atoms with E-state index in [2.05, 4.69) is 5.32 Å². The summed E-state index contributed by atoms with van der Waals surface area (Å²) in [6, 6.07) is 1.63. The van der Waals surface area contributed by atoms with Crippen LogP contribution >= 0.6 is 0 Å². The Bertz CT molecular complexity index is 497. The highest BCUT2D eigenvalue weighted by Crippen LogP contribution is 2.35. The third-order valence-corrected chi connectivity index (χ3v) is 3.67. The molecule has 0 aliphatic carbocycles. The van der Waals surface area contributed by atoms with Crippen molar-refractivity contribution in [2.24, 2.45) is 0 Å². The summed E-state index contributed by atoms with van der Waals surface area (Å²) >= 11 is 0. The molecule has 1 atom stereocenters. The van der Waals surface area contributed by atoms with E-state index in [0.717, 1.165) is 6.07 Å². The number of piperazine rings is 1. The molecule has 2 nitrogen and oxygen atoms in total. The highest BCUT2D eigenvalue weighted by Gasteiger charge is 2.35. The molecule has 8 heteroatoms. The molecule has 1 aromatic rings. The molecule has 0 radical (unpaired) electrons. The van der Waals surface area contributed by atoms with E-state index < -0.39 is 36.4 Å². The number of nitrogens with one attached hydrogen (secondary N) is 1. The second kappa shape index (κ2) is 6.87. The van der Waals surface area contributed by atoms with Gasteiger partial charge in [-0.25, -0.2) is 13.2 Å². The van der Waals surface area contributed by atoms with Crippen LogP contribution in [0.2, 0.25) is 0 Å². The van der Waals surface area contributed by atoms with Gasteiger partial charge in [-0.1, -0.05) is 6.07 Å². The first kappa shape index (κ1) is 17.1. The molecule has 1 heterocycles. The first-order chi connectivity index (χ1) is 10.3. The molecule has 1 N–H and O–H groups in total. The fourth-order valence-corrected chi connectivity index (χ4v) is 2.63. The van der Waals surface area contributed by atoms with Crippen molar-refractivity contribution < 1.29 is 26.3 Å². The predicted octanol–water partition coefficient (Wildman–Crippen LogP) is 3.45. The fourth-order valence-electron chi connectivity index (χ4n) is 2.63. The summed E-state index contributed by atoms with van der Waals surface area (Å²) in [5.74, 6) is -1.40. The van der Waals surface area contributed by atoms with Gasteiger partial charge in [-0.05, 0) is 17.7 Å². The molecule has 22 heavy (non-hydrogen) atoms. The van der Waals surface area contributed by atoms with E-state index in [9.17, 15) is 26.3 Å².